The Morgan fingerprint density at radius 2 is 1.86 bits per heavy atom. The molecular weight excluding hydrogens is 381 g/mol. The summed E-state index contributed by atoms with van der Waals surface area (Å²) in [6, 6.07) is 7.34. The van der Waals surface area contributed by atoms with E-state index in [0.29, 0.717) is 0 Å². The van der Waals surface area contributed by atoms with E-state index >= 15 is 0 Å². The van der Waals surface area contributed by atoms with Crippen molar-refractivity contribution in [1.29, 1.82) is 0 Å². The highest BCUT2D eigenvalue weighted by molar-refractivity contribution is 5.84. The van der Waals surface area contributed by atoms with E-state index in [0.717, 1.165) is 25.3 Å². The highest BCUT2D eigenvalue weighted by atomic mass is 19.4. The van der Waals surface area contributed by atoms with E-state index in [9.17, 15) is 27.9 Å². The summed E-state index contributed by atoms with van der Waals surface area (Å²) >= 11 is 0. The quantitative estimate of drug-likeness (QED) is 0.751. The van der Waals surface area contributed by atoms with E-state index in [2.05, 4.69) is 4.74 Å². The zero-order valence-corrected chi connectivity index (χ0v) is 15.4. The number of benzene rings is 1. The van der Waals surface area contributed by atoms with Crippen molar-refractivity contribution < 1.29 is 37.0 Å². The second kappa shape index (κ2) is 8.15. The summed E-state index contributed by atoms with van der Waals surface area (Å²) in [5.74, 6) is -2.54. The molecule has 0 aliphatic heterocycles. The highest BCUT2D eigenvalue weighted by Gasteiger charge is 2.64. The third-order valence-corrected chi connectivity index (χ3v) is 4.05. The number of alkyl halides is 3. The minimum Gasteiger partial charge on any atom is -0.430 e. The number of aliphatic hydroxyl groups is 1. The molecule has 0 bridgehead atoms. The number of hydrogen-bond donors (Lipinski definition) is 1. The number of rotatable bonds is 6. The molecule has 0 unspecified atom stereocenters. The molecule has 1 heterocycles. The van der Waals surface area contributed by atoms with Crippen molar-refractivity contribution in [3.63, 3.8) is 0 Å². The summed E-state index contributed by atoms with van der Waals surface area (Å²) < 4.78 is 56.4. The number of aliphatic hydroxyl groups excluding tert-OH is 1. The average Bonchev–Trinajstić information content (AvgIpc) is 2.59. The number of methoxy groups -OCH3 is 1. The zero-order chi connectivity index (χ0) is 21.1. The lowest BCUT2D eigenvalue weighted by atomic mass is 9.93. The normalized spacial score (nSPS) is 15.0. The first-order valence-corrected chi connectivity index (χ1v) is 8.24. The standard InChI is InChI=1S/C19H19F3O6/c1-11(23)9-14-10-15(24)12(2)16(27-14)28-17(25)18(26-3,19(20,21)22)13-7-5-4-6-8-13/h4-8,10-11,23H,9H2,1-3H3/t11-,18-/m0/s1. The molecule has 0 aliphatic rings. The van der Waals surface area contributed by atoms with Gasteiger partial charge in [-0.25, -0.2) is 4.79 Å². The Morgan fingerprint density at radius 1 is 1.25 bits per heavy atom. The largest absolute Gasteiger partial charge is 0.432 e. The van der Waals surface area contributed by atoms with E-state index in [4.69, 9.17) is 9.15 Å². The molecule has 0 radical (unpaired) electrons. The molecule has 6 nitrogen and oxygen atoms in total. The Morgan fingerprint density at radius 3 is 2.36 bits per heavy atom. The fourth-order valence-electron chi connectivity index (χ4n) is 2.61. The van der Waals surface area contributed by atoms with Gasteiger partial charge in [-0.2, -0.15) is 13.2 Å². The van der Waals surface area contributed by atoms with E-state index in [1.165, 1.54) is 32.0 Å². The van der Waals surface area contributed by atoms with Crippen LogP contribution in [0.15, 0.2) is 45.6 Å². The summed E-state index contributed by atoms with van der Waals surface area (Å²) in [4.78, 5) is 24.7. The van der Waals surface area contributed by atoms with Gasteiger partial charge in [0, 0.05) is 25.2 Å². The molecule has 1 aromatic heterocycles. The molecule has 0 aliphatic carbocycles. The summed E-state index contributed by atoms with van der Waals surface area (Å²) in [5.41, 5.74) is -4.71. The Kier molecular flexibility index (Phi) is 6.30. The van der Waals surface area contributed by atoms with E-state index in [-0.39, 0.29) is 17.7 Å². The number of esters is 1. The van der Waals surface area contributed by atoms with Crippen molar-refractivity contribution in [2.75, 3.05) is 7.11 Å². The Bertz CT molecular complexity index is 889. The molecule has 0 fully saturated rings. The monoisotopic (exact) mass is 400 g/mol. The topological polar surface area (TPSA) is 86.0 Å². The van der Waals surface area contributed by atoms with Gasteiger partial charge in [-0.1, -0.05) is 30.3 Å². The third-order valence-electron chi connectivity index (χ3n) is 4.05. The van der Waals surface area contributed by atoms with Crippen LogP contribution in [0, 0.1) is 6.92 Å². The number of hydrogen-bond acceptors (Lipinski definition) is 6. The second-order valence-electron chi connectivity index (χ2n) is 6.18. The van der Waals surface area contributed by atoms with Crippen LogP contribution in [-0.2, 0) is 21.6 Å². The summed E-state index contributed by atoms with van der Waals surface area (Å²) in [5, 5.41) is 9.42. The molecule has 2 atom stereocenters. The van der Waals surface area contributed by atoms with Gasteiger partial charge in [0.1, 0.15) is 5.76 Å². The molecule has 0 saturated carbocycles. The lowest BCUT2D eigenvalue weighted by molar-refractivity contribution is -0.272. The minimum atomic E-state index is -5.16. The van der Waals surface area contributed by atoms with Gasteiger partial charge >= 0.3 is 12.1 Å². The van der Waals surface area contributed by atoms with Crippen LogP contribution < -0.4 is 10.2 Å². The van der Waals surface area contributed by atoms with Gasteiger partial charge in [0.15, 0.2) is 5.43 Å². The first kappa shape index (κ1) is 21.6. The maximum absolute atomic E-state index is 13.9. The van der Waals surface area contributed by atoms with Crippen molar-refractivity contribution in [3.8, 4) is 5.95 Å². The highest BCUT2D eigenvalue weighted by Crippen LogP contribution is 2.43. The molecule has 2 aromatic rings. The molecule has 9 heteroatoms. The van der Waals surface area contributed by atoms with Gasteiger partial charge in [-0.05, 0) is 13.8 Å². The Hall–Kier alpha value is -2.65. The SMILES string of the molecule is CO[C@](C(=O)Oc1oc(C[C@H](C)O)cc(=O)c1C)(c1ccccc1)C(F)(F)F. The lowest BCUT2D eigenvalue weighted by Gasteiger charge is -2.32. The molecule has 0 spiro atoms. The lowest BCUT2D eigenvalue weighted by Crippen LogP contribution is -2.52. The van der Waals surface area contributed by atoms with Crippen LogP contribution in [0.2, 0.25) is 0 Å². The molecule has 0 saturated heterocycles. The van der Waals surface area contributed by atoms with E-state index < -0.39 is 40.8 Å². The molecule has 1 aromatic carbocycles. The van der Waals surface area contributed by atoms with Crippen molar-refractivity contribution in [2.45, 2.75) is 38.1 Å². The maximum Gasteiger partial charge on any atom is 0.432 e. The van der Waals surface area contributed by atoms with Crippen LogP contribution >= 0.6 is 0 Å². The Labute approximate surface area is 158 Å². The van der Waals surface area contributed by atoms with Crippen molar-refractivity contribution >= 4 is 5.97 Å². The fourth-order valence-corrected chi connectivity index (χ4v) is 2.61. The number of carbonyl (C=O) groups is 1. The van der Waals surface area contributed by atoms with Crippen molar-refractivity contribution in [2.24, 2.45) is 0 Å². The van der Waals surface area contributed by atoms with Gasteiger partial charge in [0.2, 0.25) is 0 Å². The fraction of sp³-hybridized carbons (Fsp3) is 0.368. The molecule has 2 rings (SSSR count). The van der Waals surface area contributed by atoms with Crippen molar-refractivity contribution in [3.05, 3.63) is 63.5 Å². The predicted molar refractivity (Wildman–Crippen MR) is 91.9 cm³/mol. The number of halogens is 3. The van der Waals surface area contributed by atoms with Gasteiger partial charge in [-0.15, -0.1) is 0 Å². The van der Waals surface area contributed by atoms with Gasteiger partial charge in [-0.3, -0.25) is 4.79 Å². The van der Waals surface area contributed by atoms with Crippen LogP contribution in [0.4, 0.5) is 13.2 Å². The second-order valence-corrected chi connectivity index (χ2v) is 6.18. The summed E-state index contributed by atoms with van der Waals surface area (Å²) in [6.07, 6.45) is -6.13. The van der Waals surface area contributed by atoms with Crippen LogP contribution in [0.5, 0.6) is 5.95 Å². The Balaban J connectivity index is 2.54. The minimum absolute atomic E-state index is 0.0388. The smallest absolute Gasteiger partial charge is 0.430 e. The first-order chi connectivity index (χ1) is 13.0. The molecule has 1 N–H and O–H groups in total. The number of carbonyl (C=O) groups excluding carboxylic acids is 1. The van der Waals surface area contributed by atoms with Gasteiger partial charge < -0.3 is 19.0 Å². The van der Waals surface area contributed by atoms with Gasteiger partial charge in [0.25, 0.3) is 11.5 Å². The molecular formula is C19H19F3O6. The predicted octanol–water partition coefficient (Wildman–Crippen LogP) is 2.88. The van der Waals surface area contributed by atoms with Crippen LogP contribution in [0.25, 0.3) is 0 Å². The van der Waals surface area contributed by atoms with Crippen LogP contribution in [0.3, 0.4) is 0 Å². The molecule has 28 heavy (non-hydrogen) atoms. The average molecular weight is 400 g/mol. The zero-order valence-electron chi connectivity index (χ0n) is 15.4. The van der Waals surface area contributed by atoms with Crippen LogP contribution in [-0.4, -0.2) is 30.5 Å². The summed E-state index contributed by atoms with van der Waals surface area (Å²) in [6.45, 7) is 2.67. The van der Waals surface area contributed by atoms with Crippen molar-refractivity contribution in [1.82, 2.24) is 0 Å². The van der Waals surface area contributed by atoms with E-state index in [1.807, 2.05) is 0 Å². The third kappa shape index (κ3) is 4.10. The maximum atomic E-state index is 13.9. The number of ether oxygens (including phenoxy) is 2. The first-order valence-electron chi connectivity index (χ1n) is 8.24. The van der Waals surface area contributed by atoms with E-state index in [1.54, 1.807) is 0 Å². The molecule has 152 valence electrons. The van der Waals surface area contributed by atoms with Gasteiger partial charge in [0.05, 0.1) is 11.7 Å². The summed E-state index contributed by atoms with van der Waals surface area (Å²) in [7, 11) is 0.731. The molecule has 0 amide bonds. The van der Waals surface area contributed by atoms with Crippen LogP contribution in [0.1, 0.15) is 23.8 Å².